The Morgan fingerprint density at radius 2 is 1.96 bits per heavy atom. The van der Waals surface area contributed by atoms with E-state index in [4.69, 9.17) is 9.47 Å². The van der Waals surface area contributed by atoms with Gasteiger partial charge in [-0.1, -0.05) is 6.07 Å². The average Bonchev–Trinajstić information content (AvgIpc) is 3.19. The summed E-state index contributed by atoms with van der Waals surface area (Å²) in [5.74, 6) is 1.30. The molecule has 3 aromatic rings. The van der Waals surface area contributed by atoms with Crippen LogP contribution in [0.4, 0.5) is 5.69 Å². The molecule has 0 aliphatic heterocycles. The molecule has 142 valence electrons. The zero-order valence-corrected chi connectivity index (χ0v) is 18.0. The minimum absolute atomic E-state index is 0.462. The van der Waals surface area contributed by atoms with Crippen molar-refractivity contribution in [2.45, 2.75) is 6.92 Å². The molecule has 0 radical (unpaired) electrons. The lowest BCUT2D eigenvalue weighted by atomic mass is 10.1. The third-order valence-electron chi connectivity index (χ3n) is 4.03. The van der Waals surface area contributed by atoms with Gasteiger partial charge in [0.1, 0.15) is 16.6 Å². The number of anilines is 1. The molecule has 2 aromatic carbocycles. The highest BCUT2D eigenvalue weighted by atomic mass is 79.9. The highest BCUT2D eigenvalue weighted by molar-refractivity contribution is 9.10. The fourth-order valence-corrected chi connectivity index (χ4v) is 3.96. The number of benzene rings is 2. The van der Waals surface area contributed by atoms with Gasteiger partial charge < -0.3 is 14.8 Å². The molecule has 0 saturated heterocycles. The van der Waals surface area contributed by atoms with Gasteiger partial charge >= 0.3 is 0 Å². The van der Waals surface area contributed by atoms with Gasteiger partial charge in [0.25, 0.3) is 0 Å². The maximum atomic E-state index is 9.56. The van der Waals surface area contributed by atoms with Crippen LogP contribution in [-0.2, 0) is 0 Å². The summed E-state index contributed by atoms with van der Waals surface area (Å²) in [7, 11) is 3.20. The van der Waals surface area contributed by atoms with Crippen LogP contribution < -0.4 is 14.8 Å². The summed E-state index contributed by atoms with van der Waals surface area (Å²) in [6.07, 6.45) is 1.67. The summed E-state index contributed by atoms with van der Waals surface area (Å²) in [6, 6.07) is 13.8. The molecule has 1 N–H and O–H groups in total. The van der Waals surface area contributed by atoms with Crippen LogP contribution in [0.1, 0.15) is 10.6 Å². The Labute approximate surface area is 176 Å². The van der Waals surface area contributed by atoms with E-state index in [2.05, 4.69) is 32.3 Å². The van der Waals surface area contributed by atoms with Gasteiger partial charge in [-0.25, -0.2) is 4.98 Å². The van der Waals surface area contributed by atoms with Crippen molar-refractivity contribution in [2.24, 2.45) is 0 Å². The number of allylic oxidation sites excluding steroid dienone is 1. The highest BCUT2D eigenvalue weighted by Crippen LogP contribution is 2.33. The second kappa shape index (κ2) is 8.91. The number of thiazole rings is 1. The first-order chi connectivity index (χ1) is 13.5. The van der Waals surface area contributed by atoms with Crippen LogP contribution in [0, 0.1) is 18.3 Å². The van der Waals surface area contributed by atoms with Gasteiger partial charge in [0.15, 0.2) is 11.5 Å². The van der Waals surface area contributed by atoms with Crippen LogP contribution in [0.25, 0.3) is 16.8 Å². The molecule has 1 aromatic heterocycles. The van der Waals surface area contributed by atoms with Crippen molar-refractivity contribution in [1.29, 1.82) is 5.26 Å². The Morgan fingerprint density at radius 1 is 1.18 bits per heavy atom. The van der Waals surface area contributed by atoms with Crippen LogP contribution in [0.2, 0.25) is 0 Å². The van der Waals surface area contributed by atoms with Gasteiger partial charge in [-0.2, -0.15) is 5.26 Å². The van der Waals surface area contributed by atoms with Crippen LogP contribution in [0.3, 0.4) is 0 Å². The van der Waals surface area contributed by atoms with Crippen LogP contribution in [0.15, 0.2) is 52.5 Å². The summed E-state index contributed by atoms with van der Waals surface area (Å²) in [5, 5.41) is 15.3. The number of hydrogen-bond acceptors (Lipinski definition) is 6. The van der Waals surface area contributed by atoms with Gasteiger partial charge in [0.05, 0.1) is 25.6 Å². The number of aromatic nitrogens is 1. The van der Waals surface area contributed by atoms with Crippen LogP contribution in [0.5, 0.6) is 11.5 Å². The molecule has 0 unspecified atom stereocenters. The number of nitriles is 1. The topological polar surface area (TPSA) is 67.2 Å². The molecule has 1 heterocycles. The van der Waals surface area contributed by atoms with Crippen LogP contribution >= 0.6 is 27.3 Å². The summed E-state index contributed by atoms with van der Waals surface area (Å²) < 4.78 is 11.6. The fraction of sp³-hybridized carbons (Fsp3) is 0.143. The van der Waals surface area contributed by atoms with E-state index in [-0.39, 0.29) is 0 Å². The lowest BCUT2D eigenvalue weighted by Crippen LogP contribution is -1.93. The van der Waals surface area contributed by atoms with Gasteiger partial charge in [0, 0.05) is 21.6 Å². The van der Waals surface area contributed by atoms with Crippen molar-refractivity contribution in [3.8, 4) is 28.8 Å². The van der Waals surface area contributed by atoms with Crippen molar-refractivity contribution in [3.63, 3.8) is 0 Å². The van der Waals surface area contributed by atoms with Gasteiger partial charge in [0.2, 0.25) is 0 Å². The molecule has 7 heteroatoms. The Kier molecular flexibility index (Phi) is 6.34. The molecule has 5 nitrogen and oxygen atoms in total. The minimum Gasteiger partial charge on any atom is -0.493 e. The summed E-state index contributed by atoms with van der Waals surface area (Å²) in [6.45, 7) is 2.02. The van der Waals surface area contributed by atoms with E-state index in [1.165, 1.54) is 11.3 Å². The second-order valence-corrected chi connectivity index (χ2v) is 7.62. The molecule has 3 rings (SSSR count). The summed E-state index contributed by atoms with van der Waals surface area (Å²) in [4.78, 5) is 4.61. The predicted molar refractivity (Wildman–Crippen MR) is 117 cm³/mol. The molecule has 0 atom stereocenters. The third kappa shape index (κ3) is 4.35. The molecular weight excluding hydrogens is 438 g/mol. The number of nitrogens with zero attached hydrogens (tertiary/aromatic N) is 2. The summed E-state index contributed by atoms with van der Waals surface area (Å²) >= 11 is 4.94. The highest BCUT2D eigenvalue weighted by Gasteiger charge is 2.12. The maximum absolute atomic E-state index is 9.56. The minimum atomic E-state index is 0.462. The molecule has 0 bridgehead atoms. The molecule has 0 saturated carbocycles. The maximum Gasteiger partial charge on any atom is 0.161 e. The van der Waals surface area contributed by atoms with E-state index in [0.717, 1.165) is 27.0 Å². The predicted octanol–water partition coefficient (Wildman–Crippen LogP) is 5.87. The molecule has 0 aliphatic carbocycles. The smallest absolute Gasteiger partial charge is 0.161 e. The van der Waals surface area contributed by atoms with Crippen molar-refractivity contribution in [1.82, 2.24) is 4.98 Å². The monoisotopic (exact) mass is 455 g/mol. The van der Waals surface area contributed by atoms with Crippen molar-refractivity contribution in [3.05, 3.63) is 63.0 Å². The average molecular weight is 456 g/mol. The molecule has 0 amide bonds. The van der Waals surface area contributed by atoms with Crippen molar-refractivity contribution < 1.29 is 9.47 Å². The van der Waals surface area contributed by atoms with Crippen molar-refractivity contribution in [2.75, 3.05) is 19.5 Å². The second-order valence-electron chi connectivity index (χ2n) is 5.91. The van der Waals surface area contributed by atoms with Crippen LogP contribution in [-0.4, -0.2) is 19.2 Å². The number of halogens is 1. The largest absolute Gasteiger partial charge is 0.493 e. The van der Waals surface area contributed by atoms with E-state index < -0.39 is 0 Å². The number of ether oxygens (including phenoxy) is 2. The van der Waals surface area contributed by atoms with E-state index in [9.17, 15) is 5.26 Å². The molecular formula is C21H18BrN3O2S. The number of rotatable bonds is 6. The molecule has 0 fully saturated rings. The van der Waals surface area contributed by atoms with Gasteiger partial charge in [-0.15, -0.1) is 11.3 Å². The van der Waals surface area contributed by atoms with E-state index in [1.54, 1.807) is 20.4 Å². The van der Waals surface area contributed by atoms with E-state index >= 15 is 0 Å². The van der Waals surface area contributed by atoms with Crippen molar-refractivity contribution >= 4 is 38.5 Å². The third-order valence-corrected chi connectivity index (χ3v) is 5.56. The van der Waals surface area contributed by atoms with Gasteiger partial charge in [-0.3, -0.25) is 0 Å². The first-order valence-corrected chi connectivity index (χ1v) is 10.0. The standard InChI is InChI=1S/C21H18BrN3O2S/c1-13-4-6-17(16(22)8-13)24-11-15(10-23)21-25-18(12-28-21)14-5-7-19(26-2)20(9-14)27-3/h4-9,11-12,24H,1-3H3. The number of nitrogens with one attached hydrogen (secondary N) is 1. The lowest BCUT2D eigenvalue weighted by Gasteiger charge is -2.08. The normalized spacial score (nSPS) is 11.0. The molecule has 28 heavy (non-hydrogen) atoms. The molecule has 0 aliphatic rings. The Hall–Kier alpha value is -2.82. The Bertz CT molecular complexity index is 1070. The molecule has 0 spiro atoms. The lowest BCUT2D eigenvalue weighted by molar-refractivity contribution is 0.355. The number of hydrogen-bond donors (Lipinski definition) is 1. The first-order valence-electron chi connectivity index (χ1n) is 8.37. The quantitative estimate of drug-likeness (QED) is 0.470. The van der Waals surface area contributed by atoms with E-state index in [1.807, 2.05) is 48.7 Å². The zero-order chi connectivity index (χ0) is 20.1. The SMILES string of the molecule is COc1ccc(-c2csc(C(C#N)=CNc3ccc(C)cc3Br)n2)cc1OC. The Balaban J connectivity index is 1.86. The van der Waals surface area contributed by atoms with Gasteiger partial charge in [-0.05, 0) is 58.7 Å². The Morgan fingerprint density at radius 3 is 2.64 bits per heavy atom. The first kappa shape index (κ1) is 19.9. The summed E-state index contributed by atoms with van der Waals surface area (Å²) in [5.41, 5.74) is 4.17. The van der Waals surface area contributed by atoms with E-state index in [0.29, 0.717) is 22.1 Å². The number of methoxy groups -OCH3 is 2. The fourth-order valence-electron chi connectivity index (χ4n) is 2.55. The number of aryl methyl sites for hydroxylation is 1. The zero-order valence-electron chi connectivity index (χ0n) is 15.6.